The van der Waals surface area contributed by atoms with Crippen LogP contribution in [0.15, 0.2) is 30.3 Å². The van der Waals surface area contributed by atoms with E-state index < -0.39 is 12.1 Å². The number of aliphatic hydroxyl groups is 1. The minimum absolute atomic E-state index is 0.00630. The first-order chi connectivity index (χ1) is 12.5. The quantitative estimate of drug-likeness (QED) is 0.334. The molecule has 0 radical (unpaired) electrons. The van der Waals surface area contributed by atoms with Crippen molar-refractivity contribution in [2.45, 2.75) is 64.0 Å². The van der Waals surface area contributed by atoms with Crippen LogP contribution in [0.2, 0.25) is 0 Å². The van der Waals surface area contributed by atoms with E-state index in [0.717, 1.165) is 24.2 Å². The Bertz CT molecular complexity index is 620. The number of unbranched alkanes of at least 4 members (excludes halogenated alkanes) is 2. The Hall–Kier alpha value is -2.25. The maximum Gasteiger partial charge on any atom is 0.253 e. The maximum absolute atomic E-state index is 12.4. The molecule has 7 nitrogen and oxygen atoms in total. The van der Waals surface area contributed by atoms with Crippen LogP contribution in [0.1, 0.15) is 51.9 Å². The lowest BCUT2D eigenvalue weighted by Gasteiger charge is -2.16. The summed E-state index contributed by atoms with van der Waals surface area (Å²) >= 11 is 0. The lowest BCUT2D eigenvalue weighted by molar-refractivity contribution is -0.123. The molecular weight excluding hydrogens is 334 g/mol. The van der Waals surface area contributed by atoms with Gasteiger partial charge in [-0.05, 0) is 25.0 Å². The number of carbonyl (C=O) groups is 3. The molecule has 1 saturated heterocycles. The van der Waals surface area contributed by atoms with Gasteiger partial charge < -0.3 is 5.11 Å². The minimum atomic E-state index is -0.777. The van der Waals surface area contributed by atoms with Crippen LogP contribution in [0, 0.1) is 0 Å². The zero-order valence-electron chi connectivity index (χ0n) is 15.1. The molecule has 1 aliphatic heterocycles. The molecule has 3 amide bonds. The second-order valence-electron chi connectivity index (χ2n) is 6.54. The molecule has 1 aromatic rings. The molecule has 1 aromatic carbocycles. The van der Waals surface area contributed by atoms with Crippen molar-refractivity contribution in [1.29, 1.82) is 0 Å². The number of amides is 3. The van der Waals surface area contributed by atoms with E-state index in [4.69, 9.17) is 0 Å². The summed E-state index contributed by atoms with van der Waals surface area (Å²) in [4.78, 5) is 37.5. The Morgan fingerprint density at radius 3 is 2.65 bits per heavy atom. The second kappa shape index (κ2) is 10.0. The molecule has 0 aliphatic carbocycles. The fourth-order valence-electron chi connectivity index (χ4n) is 2.90. The normalized spacial score (nSPS) is 18.2. The third kappa shape index (κ3) is 5.64. The number of carbonyl (C=O) groups excluding carboxylic acids is 3. The molecule has 2 unspecified atom stereocenters. The van der Waals surface area contributed by atoms with Crippen molar-refractivity contribution in [2.24, 2.45) is 0 Å². The summed E-state index contributed by atoms with van der Waals surface area (Å²) in [7, 11) is 0. The summed E-state index contributed by atoms with van der Waals surface area (Å²) in [5, 5.41) is 9.84. The molecule has 3 N–H and O–H groups in total. The van der Waals surface area contributed by atoms with Crippen molar-refractivity contribution in [2.75, 3.05) is 4.90 Å². The minimum Gasteiger partial charge on any atom is -0.393 e. The van der Waals surface area contributed by atoms with E-state index in [1.54, 1.807) is 30.3 Å². The summed E-state index contributed by atoms with van der Waals surface area (Å²) < 4.78 is 0. The number of benzene rings is 1. The summed E-state index contributed by atoms with van der Waals surface area (Å²) in [5.41, 5.74) is 5.64. The van der Waals surface area contributed by atoms with Crippen LogP contribution >= 0.6 is 0 Å². The van der Waals surface area contributed by atoms with Gasteiger partial charge in [-0.3, -0.25) is 19.8 Å². The van der Waals surface area contributed by atoms with Crippen LogP contribution in [0.3, 0.4) is 0 Å². The van der Waals surface area contributed by atoms with Crippen molar-refractivity contribution in [3.63, 3.8) is 0 Å². The molecule has 26 heavy (non-hydrogen) atoms. The van der Waals surface area contributed by atoms with Crippen LogP contribution in [0.4, 0.5) is 5.69 Å². The largest absolute Gasteiger partial charge is 0.393 e. The lowest BCUT2D eigenvalue weighted by Crippen LogP contribution is -2.48. The third-order valence-electron chi connectivity index (χ3n) is 4.39. The SMILES string of the molecule is CCCCCC(O)CCC(=O)NNC1CC(=O)N(c2ccccc2)C1=O. The summed E-state index contributed by atoms with van der Waals surface area (Å²) in [6.45, 7) is 2.10. The molecule has 0 aromatic heterocycles. The van der Waals surface area contributed by atoms with Gasteiger partial charge in [-0.15, -0.1) is 0 Å². The van der Waals surface area contributed by atoms with E-state index in [1.165, 1.54) is 0 Å². The van der Waals surface area contributed by atoms with E-state index in [-0.39, 0.29) is 30.6 Å². The summed E-state index contributed by atoms with van der Waals surface area (Å²) in [6, 6.07) is 7.92. The van der Waals surface area contributed by atoms with Crippen LogP contribution in [0.5, 0.6) is 0 Å². The van der Waals surface area contributed by atoms with Gasteiger partial charge >= 0.3 is 0 Å². The molecule has 142 valence electrons. The third-order valence-corrected chi connectivity index (χ3v) is 4.39. The number of imide groups is 1. The number of nitrogens with one attached hydrogen (secondary N) is 2. The van der Waals surface area contributed by atoms with E-state index in [2.05, 4.69) is 17.8 Å². The van der Waals surface area contributed by atoms with Gasteiger partial charge in [0.25, 0.3) is 5.91 Å². The average Bonchev–Trinajstić information content (AvgIpc) is 2.92. The second-order valence-corrected chi connectivity index (χ2v) is 6.54. The number of para-hydroxylation sites is 1. The molecule has 2 atom stereocenters. The highest BCUT2D eigenvalue weighted by Crippen LogP contribution is 2.22. The van der Waals surface area contributed by atoms with Crippen molar-refractivity contribution < 1.29 is 19.5 Å². The molecule has 2 rings (SSSR count). The summed E-state index contributed by atoms with van der Waals surface area (Å²) in [5.74, 6) is -1.00. The fraction of sp³-hybridized carbons (Fsp3) is 0.526. The first-order valence-corrected chi connectivity index (χ1v) is 9.17. The monoisotopic (exact) mass is 361 g/mol. The number of rotatable bonds is 10. The Balaban J connectivity index is 1.75. The van der Waals surface area contributed by atoms with Crippen LogP contribution in [0.25, 0.3) is 0 Å². The first-order valence-electron chi connectivity index (χ1n) is 9.17. The fourth-order valence-corrected chi connectivity index (χ4v) is 2.90. The Morgan fingerprint density at radius 1 is 1.23 bits per heavy atom. The highest BCUT2D eigenvalue weighted by molar-refractivity contribution is 6.22. The van der Waals surface area contributed by atoms with E-state index >= 15 is 0 Å². The zero-order valence-corrected chi connectivity index (χ0v) is 15.1. The molecule has 1 fully saturated rings. The average molecular weight is 361 g/mol. The van der Waals surface area contributed by atoms with Gasteiger partial charge in [0.1, 0.15) is 6.04 Å². The highest BCUT2D eigenvalue weighted by Gasteiger charge is 2.39. The van der Waals surface area contributed by atoms with Crippen molar-refractivity contribution in [3.05, 3.63) is 30.3 Å². The molecule has 1 heterocycles. The molecule has 7 heteroatoms. The van der Waals surface area contributed by atoms with Gasteiger partial charge in [0.15, 0.2) is 0 Å². The topological polar surface area (TPSA) is 98.7 Å². The van der Waals surface area contributed by atoms with E-state index in [9.17, 15) is 19.5 Å². The van der Waals surface area contributed by atoms with Gasteiger partial charge in [-0.1, -0.05) is 44.4 Å². The molecule has 1 aliphatic rings. The van der Waals surface area contributed by atoms with Crippen molar-refractivity contribution in [1.82, 2.24) is 10.9 Å². The predicted molar refractivity (Wildman–Crippen MR) is 98.0 cm³/mol. The van der Waals surface area contributed by atoms with E-state index in [1.807, 2.05) is 0 Å². The van der Waals surface area contributed by atoms with E-state index in [0.29, 0.717) is 18.5 Å². The van der Waals surface area contributed by atoms with Gasteiger partial charge in [-0.2, -0.15) is 0 Å². The lowest BCUT2D eigenvalue weighted by atomic mass is 10.1. The number of hydrazine groups is 1. The predicted octanol–water partition coefficient (Wildman–Crippen LogP) is 1.66. The Labute approximate surface area is 153 Å². The molecule has 0 bridgehead atoms. The van der Waals surface area contributed by atoms with Crippen LogP contribution < -0.4 is 15.8 Å². The van der Waals surface area contributed by atoms with Gasteiger partial charge in [-0.25, -0.2) is 10.3 Å². The van der Waals surface area contributed by atoms with Crippen molar-refractivity contribution >= 4 is 23.4 Å². The Kier molecular flexibility index (Phi) is 7.74. The number of hydrogen-bond acceptors (Lipinski definition) is 5. The number of hydrogen-bond donors (Lipinski definition) is 3. The van der Waals surface area contributed by atoms with Crippen LogP contribution in [-0.4, -0.2) is 35.0 Å². The maximum atomic E-state index is 12.4. The number of anilines is 1. The molecule has 0 spiro atoms. The molecular formula is C19H27N3O4. The number of aliphatic hydroxyl groups excluding tert-OH is 1. The number of nitrogens with zero attached hydrogens (tertiary/aromatic N) is 1. The Morgan fingerprint density at radius 2 is 1.96 bits per heavy atom. The van der Waals surface area contributed by atoms with Gasteiger partial charge in [0.05, 0.1) is 18.2 Å². The van der Waals surface area contributed by atoms with Gasteiger partial charge in [0.2, 0.25) is 11.8 Å². The highest BCUT2D eigenvalue weighted by atomic mass is 16.3. The summed E-state index contributed by atoms with van der Waals surface area (Å²) in [6.07, 6.45) is 3.85. The van der Waals surface area contributed by atoms with Gasteiger partial charge in [0, 0.05) is 6.42 Å². The van der Waals surface area contributed by atoms with Crippen molar-refractivity contribution in [3.8, 4) is 0 Å². The van der Waals surface area contributed by atoms with Crippen LogP contribution in [-0.2, 0) is 14.4 Å². The standard InChI is InChI=1S/C19H27N3O4/c1-2-3-5-10-15(23)11-12-17(24)21-20-16-13-18(25)22(19(16)26)14-8-6-4-7-9-14/h4,6-9,15-16,20,23H,2-3,5,10-13H2,1H3,(H,21,24). The first kappa shape index (κ1) is 20.1. The molecule has 0 saturated carbocycles. The smallest absolute Gasteiger partial charge is 0.253 e. The zero-order chi connectivity index (χ0) is 18.9.